The Morgan fingerprint density at radius 3 is 2.87 bits per heavy atom. The number of oxazole rings is 1. The van der Waals surface area contributed by atoms with E-state index in [0.717, 1.165) is 0 Å². The van der Waals surface area contributed by atoms with Crippen LogP contribution in [0.5, 0.6) is 0 Å². The van der Waals surface area contributed by atoms with Gasteiger partial charge in [0, 0.05) is 13.1 Å². The Balaban J connectivity index is 2.58. The molecule has 0 aliphatic rings. The second kappa shape index (κ2) is 3.53. The molecule has 0 fully saturated rings. The number of pyridine rings is 1. The van der Waals surface area contributed by atoms with Gasteiger partial charge in [0.2, 0.25) is 0 Å². The summed E-state index contributed by atoms with van der Waals surface area (Å²) in [5, 5.41) is 8.89. The van der Waals surface area contributed by atoms with E-state index in [1.165, 1.54) is 0 Å². The molecule has 2 aromatic rings. The molecule has 0 saturated heterocycles. The zero-order valence-corrected chi connectivity index (χ0v) is 7.97. The molecule has 0 saturated carbocycles. The van der Waals surface area contributed by atoms with Crippen LogP contribution in [0.2, 0.25) is 0 Å². The van der Waals surface area contributed by atoms with Gasteiger partial charge in [-0.2, -0.15) is 0 Å². The van der Waals surface area contributed by atoms with Gasteiger partial charge in [0.1, 0.15) is 5.69 Å². The second-order valence-electron chi connectivity index (χ2n) is 2.93. The summed E-state index contributed by atoms with van der Waals surface area (Å²) in [6.45, 7) is 1.60. The largest absolute Gasteiger partial charge is 0.476 e. The molecule has 0 atom stereocenters. The molecule has 0 amide bonds. The van der Waals surface area contributed by atoms with Crippen molar-refractivity contribution in [2.24, 2.45) is 0 Å². The van der Waals surface area contributed by atoms with Crippen molar-refractivity contribution in [3.63, 3.8) is 0 Å². The van der Waals surface area contributed by atoms with Crippen LogP contribution in [-0.4, -0.2) is 21.0 Å². The van der Waals surface area contributed by atoms with E-state index < -0.39 is 5.97 Å². The number of hydrogen-bond donors (Lipinski definition) is 1. The number of nitrogens with zero attached hydrogens (tertiary/aromatic N) is 2. The van der Waals surface area contributed by atoms with Gasteiger partial charge in [-0.1, -0.05) is 6.07 Å². The average molecular weight is 204 g/mol. The molecule has 76 valence electrons. The highest BCUT2D eigenvalue weighted by molar-refractivity contribution is 5.91. The average Bonchev–Trinajstić information content (AvgIpc) is 2.62. The molecule has 15 heavy (non-hydrogen) atoms. The predicted molar refractivity (Wildman–Crippen MR) is 51.4 cm³/mol. The molecule has 2 aromatic heterocycles. The lowest BCUT2D eigenvalue weighted by Crippen LogP contribution is -1.99. The summed E-state index contributed by atoms with van der Waals surface area (Å²) in [6.07, 6.45) is 1.57. The van der Waals surface area contributed by atoms with Crippen molar-refractivity contribution in [1.82, 2.24) is 9.97 Å². The predicted octanol–water partition coefficient (Wildman–Crippen LogP) is 1.74. The number of carboxylic acids is 1. The molecule has 1 N–H and O–H groups in total. The van der Waals surface area contributed by atoms with Gasteiger partial charge in [-0.05, 0) is 12.1 Å². The van der Waals surface area contributed by atoms with Crippen LogP contribution in [-0.2, 0) is 0 Å². The molecule has 2 heterocycles. The van der Waals surface area contributed by atoms with Gasteiger partial charge in [-0.15, -0.1) is 0 Å². The molecule has 5 heteroatoms. The van der Waals surface area contributed by atoms with Gasteiger partial charge in [0.25, 0.3) is 0 Å². The molecular weight excluding hydrogens is 196 g/mol. The Kier molecular flexibility index (Phi) is 2.21. The van der Waals surface area contributed by atoms with Crippen molar-refractivity contribution in [3.05, 3.63) is 36.0 Å². The molecule has 0 spiro atoms. The van der Waals surface area contributed by atoms with Crippen molar-refractivity contribution >= 4 is 5.97 Å². The van der Waals surface area contributed by atoms with Crippen LogP contribution in [0.4, 0.5) is 0 Å². The summed E-state index contributed by atoms with van der Waals surface area (Å²) in [6, 6.07) is 5.17. The van der Waals surface area contributed by atoms with Crippen LogP contribution in [0.3, 0.4) is 0 Å². The number of rotatable bonds is 2. The molecule has 0 radical (unpaired) electrons. The number of carbonyl (C=O) groups is 1. The summed E-state index contributed by atoms with van der Waals surface area (Å²) < 4.78 is 5.21. The van der Waals surface area contributed by atoms with Crippen molar-refractivity contribution in [2.45, 2.75) is 6.92 Å². The fourth-order valence-electron chi connectivity index (χ4n) is 1.24. The third-order valence-corrected chi connectivity index (χ3v) is 1.83. The van der Waals surface area contributed by atoms with Crippen molar-refractivity contribution in [1.29, 1.82) is 0 Å². The Morgan fingerprint density at radius 1 is 1.47 bits per heavy atom. The molecule has 5 nitrogen and oxygen atoms in total. The van der Waals surface area contributed by atoms with Gasteiger partial charge in [0.05, 0.1) is 0 Å². The van der Waals surface area contributed by atoms with E-state index >= 15 is 0 Å². The molecule has 0 aliphatic carbocycles. The Labute approximate surface area is 85.4 Å². The first kappa shape index (κ1) is 9.39. The highest BCUT2D eigenvalue weighted by Crippen LogP contribution is 2.22. The zero-order valence-electron chi connectivity index (χ0n) is 7.97. The molecule has 2 rings (SSSR count). The molecular formula is C10H8N2O3. The van der Waals surface area contributed by atoms with Crippen molar-refractivity contribution < 1.29 is 14.3 Å². The minimum Gasteiger partial charge on any atom is -0.476 e. The fraction of sp³-hybridized carbons (Fsp3) is 0.100. The van der Waals surface area contributed by atoms with E-state index in [9.17, 15) is 4.79 Å². The maximum atomic E-state index is 10.9. The summed E-state index contributed by atoms with van der Waals surface area (Å²) in [4.78, 5) is 18.6. The first-order chi connectivity index (χ1) is 7.18. The smallest absolute Gasteiger partial charge is 0.358 e. The van der Waals surface area contributed by atoms with Gasteiger partial charge in [0.15, 0.2) is 17.3 Å². The van der Waals surface area contributed by atoms with Crippen LogP contribution in [0.25, 0.3) is 11.5 Å². The summed E-state index contributed by atoms with van der Waals surface area (Å²) in [5.41, 5.74) is 0.363. The SMILES string of the molecule is Cc1nc(C(=O)O)c(-c2ccccn2)o1. The molecule has 0 bridgehead atoms. The zero-order chi connectivity index (χ0) is 10.8. The van der Waals surface area contributed by atoms with E-state index in [2.05, 4.69) is 9.97 Å². The molecule has 0 aromatic carbocycles. The Morgan fingerprint density at radius 2 is 2.27 bits per heavy atom. The Hall–Kier alpha value is -2.17. The quantitative estimate of drug-likeness (QED) is 0.806. The fourth-order valence-corrected chi connectivity index (χ4v) is 1.24. The third-order valence-electron chi connectivity index (χ3n) is 1.83. The van der Waals surface area contributed by atoms with E-state index in [1.807, 2.05) is 0 Å². The van der Waals surface area contributed by atoms with Crippen molar-refractivity contribution in [3.8, 4) is 11.5 Å². The monoisotopic (exact) mass is 204 g/mol. The van der Waals surface area contributed by atoms with Crippen molar-refractivity contribution in [2.75, 3.05) is 0 Å². The normalized spacial score (nSPS) is 10.2. The minimum absolute atomic E-state index is 0.105. The Bertz CT molecular complexity index is 491. The van der Waals surface area contributed by atoms with E-state index in [0.29, 0.717) is 11.6 Å². The lowest BCUT2D eigenvalue weighted by molar-refractivity contribution is 0.0691. The molecule has 0 aliphatic heterocycles. The standard InChI is InChI=1S/C10H8N2O3/c1-6-12-8(10(13)14)9(15-6)7-4-2-3-5-11-7/h2-5H,1H3,(H,13,14). The number of carboxylic acid groups (broad SMARTS) is 1. The maximum Gasteiger partial charge on any atom is 0.358 e. The first-order valence-corrected chi connectivity index (χ1v) is 4.30. The van der Waals surface area contributed by atoms with Gasteiger partial charge >= 0.3 is 5.97 Å². The van der Waals surface area contributed by atoms with Crippen LogP contribution in [0.15, 0.2) is 28.8 Å². The van der Waals surface area contributed by atoms with Crippen LogP contribution >= 0.6 is 0 Å². The van der Waals surface area contributed by atoms with Gasteiger partial charge in [-0.25, -0.2) is 9.78 Å². The lowest BCUT2D eigenvalue weighted by Gasteiger charge is -1.95. The summed E-state index contributed by atoms with van der Waals surface area (Å²) in [7, 11) is 0. The van der Waals surface area contributed by atoms with Crippen LogP contribution < -0.4 is 0 Å². The summed E-state index contributed by atoms with van der Waals surface area (Å²) in [5.74, 6) is -0.610. The highest BCUT2D eigenvalue weighted by Gasteiger charge is 2.19. The number of hydrogen-bond acceptors (Lipinski definition) is 4. The van der Waals surface area contributed by atoms with E-state index in [4.69, 9.17) is 9.52 Å². The lowest BCUT2D eigenvalue weighted by atomic mass is 10.2. The summed E-state index contributed by atoms with van der Waals surface area (Å²) >= 11 is 0. The van der Waals surface area contributed by atoms with E-state index in [1.54, 1.807) is 31.3 Å². The highest BCUT2D eigenvalue weighted by atomic mass is 16.4. The number of aromatic nitrogens is 2. The van der Waals surface area contributed by atoms with Gasteiger partial charge < -0.3 is 9.52 Å². The minimum atomic E-state index is -1.12. The third kappa shape index (κ3) is 1.71. The topological polar surface area (TPSA) is 76.2 Å². The first-order valence-electron chi connectivity index (χ1n) is 4.30. The van der Waals surface area contributed by atoms with E-state index in [-0.39, 0.29) is 11.5 Å². The molecule has 0 unspecified atom stereocenters. The van der Waals surface area contributed by atoms with Crippen LogP contribution in [0, 0.1) is 6.92 Å². The number of aromatic carboxylic acids is 1. The van der Waals surface area contributed by atoms with Crippen LogP contribution in [0.1, 0.15) is 16.4 Å². The second-order valence-corrected chi connectivity index (χ2v) is 2.93. The maximum absolute atomic E-state index is 10.9. The number of aryl methyl sites for hydroxylation is 1. The van der Waals surface area contributed by atoms with Gasteiger partial charge in [-0.3, -0.25) is 4.98 Å².